The third-order valence-corrected chi connectivity index (χ3v) is 1.83. The van der Waals surface area contributed by atoms with E-state index < -0.39 is 0 Å². The number of benzene rings is 1. The SMILES string of the molecule is COc1cc(C)cc(Cl)c1C#N. The molecule has 0 radical (unpaired) electrons. The number of ether oxygens (including phenoxy) is 1. The largest absolute Gasteiger partial charge is 0.495 e. The highest BCUT2D eigenvalue weighted by atomic mass is 35.5. The molecule has 0 spiro atoms. The zero-order valence-corrected chi connectivity index (χ0v) is 7.64. The van der Waals surface area contributed by atoms with Crippen LogP contribution in [0.1, 0.15) is 11.1 Å². The molecular formula is C9H8ClNO. The van der Waals surface area contributed by atoms with Crippen LogP contribution in [-0.2, 0) is 0 Å². The van der Waals surface area contributed by atoms with E-state index in [1.165, 1.54) is 7.11 Å². The summed E-state index contributed by atoms with van der Waals surface area (Å²) in [6.45, 7) is 1.90. The van der Waals surface area contributed by atoms with E-state index in [1.807, 2.05) is 13.0 Å². The molecule has 2 nitrogen and oxygen atoms in total. The second-order valence-corrected chi connectivity index (χ2v) is 2.84. The summed E-state index contributed by atoms with van der Waals surface area (Å²) in [6.07, 6.45) is 0. The Morgan fingerprint density at radius 1 is 1.50 bits per heavy atom. The summed E-state index contributed by atoms with van der Waals surface area (Å²) in [7, 11) is 1.52. The van der Waals surface area contributed by atoms with Gasteiger partial charge in [0.1, 0.15) is 17.4 Å². The topological polar surface area (TPSA) is 33.0 Å². The van der Waals surface area contributed by atoms with Gasteiger partial charge in [-0.25, -0.2) is 0 Å². The summed E-state index contributed by atoms with van der Waals surface area (Å²) in [5, 5.41) is 9.15. The van der Waals surface area contributed by atoms with Crippen LogP contribution in [0.3, 0.4) is 0 Å². The summed E-state index contributed by atoms with van der Waals surface area (Å²) in [5.41, 5.74) is 1.38. The average molecular weight is 182 g/mol. The van der Waals surface area contributed by atoms with Crippen LogP contribution < -0.4 is 4.74 Å². The molecule has 0 amide bonds. The lowest BCUT2D eigenvalue weighted by molar-refractivity contribution is 0.413. The van der Waals surface area contributed by atoms with Gasteiger partial charge in [-0.1, -0.05) is 11.6 Å². The van der Waals surface area contributed by atoms with Gasteiger partial charge in [0.05, 0.1) is 12.1 Å². The number of aryl methyl sites for hydroxylation is 1. The predicted molar refractivity (Wildman–Crippen MR) is 47.5 cm³/mol. The summed E-state index contributed by atoms with van der Waals surface area (Å²) in [4.78, 5) is 0. The maximum atomic E-state index is 8.71. The van der Waals surface area contributed by atoms with E-state index in [2.05, 4.69) is 0 Å². The highest BCUT2D eigenvalue weighted by Crippen LogP contribution is 2.26. The molecule has 0 fully saturated rings. The first-order chi connectivity index (χ1) is 5.69. The Morgan fingerprint density at radius 3 is 2.67 bits per heavy atom. The van der Waals surface area contributed by atoms with Crippen LogP contribution in [0.5, 0.6) is 5.75 Å². The van der Waals surface area contributed by atoms with Crippen LogP contribution in [0.2, 0.25) is 5.02 Å². The van der Waals surface area contributed by atoms with Crippen molar-refractivity contribution in [3.8, 4) is 11.8 Å². The fourth-order valence-electron chi connectivity index (χ4n) is 0.980. The van der Waals surface area contributed by atoms with E-state index in [0.717, 1.165) is 5.56 Å². The molecular weight excluding hydrogens is 174 g/mol. The maximum absolute atomic E-state index is 8.71. The predicted octanol–water partition coefficient (Wildman–Crippen LogP) is 2.53. The molecule has 0 N–H and O–H groups in total. The highest BCUT2D eigenvalue weighted by Gasteiger charge is 2.07. The number of methoxy groups -OCH3 is 1. The molecule has 0 aliphatic carbocycles. The van der Waals surface area contributed by atoms with Gasteiger partial charge in [0, 0.05) is 0 Å². The number of nitriles is 1. The molecule has 0 atom stereocenters. The molecule has 1 aromatic rings. The smallest absolute Gasteiger partial charge is 0.138 e. The van der Waals surface area contributed by atoms with Gasteiger partial charge in [-0.3, -0.25) is 0 Å². The third kappa shape index (κ3) is 1.51. The highest BCUT2D eigenvalue weighted by molar-refractivity contribution is 6.32. The third-order valence-electron chi connectivity index (χ3n) is 1.53. The van der Waals surface area contributed by atoms with Crippen molar-refractivity contribution in [1.82, 2.24) is 0 Å². The minimum Gasteiger partial charge on any atom is -0.495 e. The second kappa shape index (κ2) is 3.46. The Balaban J connectivity index is 3.36. The molecule has 0 heterocycles. The normalized spacial score (nSPS) is 9.17. The lowest BCUT2D eigenvalue weighted by Gasteiger charge is -2.04. The first-order valence-electron chi connectivity index (χ1n) is 3.43. The molecule has 1 rings (SSSR count). The number of nitrogens with zero attached hydrogens (tertiary/aromatic N) is 1. The van der Waals surface area contributed by atoms with Crippen molar-refractivity contribution in [3.63, 3.8) is 0 Å². The summed E-state index contributed by atoms with van der Waals surface area (Å²) < 4.78 is 4.99. The lowest BCUT2D eigenvalue weighted by Crippen LogP contribution is -1.89. The van der Waals surface area contributed by atoms with Crippen molar-refractivity contribution in [2.75, 3.05) is 7.11 Å². The minimum absolute atomic E-state index is 0.393. The van der Waals surface area contributed by atoms with Gasteiger partial charge in [-0.2, -0.15) is 5.26 Å². The Kier molecular flexibility index (Phi) is 2.57. The number of hydrogen-bond acceptors (Lipinski definition) is 2. The van der Waals surface area contributed by atoms with Crippen LogP contribution in [0.15, 0.2) is 12.1 Å². The van der Waals surface area contributed by atoms with Gasteiger partial charge in [-0.05, 0) is 24.6 Å². The molecule has 3 heteroatoms. The zero-order valence-electron chi connectivity index (χ0n) is 6.89. The van der Waals surface area contributed by atoms with Gasteiger partial charge < -0.3 is 4.74 Å². The van der Waals surface area contributed by atoms with Gasteiger partial charge in [0.25, 0.3) is 0 Å². The van der Waals surface area contributed by atoms with Gasteiger partial charge in [0.15, 0.2) is 0 Å². The van der Waals surface area contributed by atoms with E-state index in [4.69, 9.17) is 21.6 Å². The van der Waals surface area contributed by atoms with Crippen molar-refractivity contribution in [1.29, 1.82) is 5.26 Å². The second-order valence-electron chi connectivity index (χ2n) is 2.44. The quantitative estimate of drug-likeness (QED) is 0.667. The molecule has 0 saturated carbocycles. The lowest BCUT2D eigenvalue weighted by atomic mass is 10.1. The first-order valence-corrected chi connectivity index (χ1v) is 3.81. The van der Waals surface area contributed by atoms with Gasteiger partial charge in [-0.15, -0.1) is 0 Å². The monoisotopic (exact) mass is 181 g/mol. The average Bonchev–Trinajstić information content (AvgIpc) is 2.03. The molecule has 0 aliphatic heterocycles. The maximum Gasteiger partial charge on any atom is 0.138 e. The molecule has 0 saturated heterocycles. The fourth-order valence-corrected chi connectivity index (χ4v) is 1.29. The molecule has 0 bridgehead atoms. The van der Waals surface area contributed by atoms with Crippen LogP contribution in [-0.4, -0.2) is 7.11 Å². The minimum atomic E-state index is 0.393. The van der Waals surface area contributed by atoms with Crippen molar-refractivity contribution in [2.24, 2.45) is 0 Å². The Morgan fingerprint density at radius 2 is 2.17 bits per heavy atom. The van der Waals surface area contributed by atoms with E-state index in [-0.39, 0.29) is 0 Å². The van der Waals surface area contributed by atoms with E-state index in [0.29, 0.717) is 16.3 Å². The standard InChI is InChI=1S/C9H8ClNO/c1-6-3-8(10)7(5-11)9(4-6)12-2/h3-4H,1-2H3. The molecule has 62 valence electrons. The first kappa shape index (κ1) is 8.89. The molecule has 1 aromatic carbocycles. The fraction of sp³-hybridized carbons (Fsp3) is 0.222. The van der Waals surface area contributed by atoms with Crippen molar-refractivity contribution in [2.45, 2.75) is 6.92 Å². The molecule has 12 heavy (non-hydrogen) atoms. The van der Waals surface area contributed by atoms with Crippen LogP contribution in [0.4, 0.5) is 0 Å². The Hall–Kier alpha value is -1.20. The molecule has 0 unspecified atom stereocenters. The van der Waals surface area contributed by atoms with Crippen LogP contribution >= 0.6 is 11.6 Å². The van der Waals surface area contributed by atoms with E-state index >= 15 is 0 Å². The van der Waals surface area contributed by atoms with Crippen molar-refractivity contribution in [3.05, 3.63) is 28.3 Å². The van der Waals surface area contributed by atoms with E-state index in [9.17, 15) is 0 Å². The van der Waals surface area contributed by atoms with Gasteiger partial charge >= 0.3 is 0 Å². The Labute approximate surface area is 76.3 Å². The van der Waals surface area contributed by atoms with Crippen molar-refractivity contribution < 1.29 is 4.74 Å². The summed E-state index contributed by atoms with van der Waals surface area (Å²) in [6, 6.07) is 5.51. The Bertz CT molecular complexity index is 341. The van der Waals surface area contributed by atoms with Gasteiger partial charge in [0.2, 0.25) is 0 Å². The van der Waals surface area contributed by atoms with E-state index in [1.54, 1.807) is 12.1 Å². The summed E-state index contributed by atoms with van der Waals surface area (Å²) >= 11 is 5.81. The number of hydrogen-bond donors (Lipinski definition) is 0. The number of halogens is 1. The van der Waals surface area contributed by atoms with Crippen LogP contribution in [0, 0.1) is 18.3 Å². The number of rotatable bonds is 1. The molecule has 0 aliphatic rings. The zero-order chi connectivity index (χ0) is 9.14. The van der Waals surface area contributed by atoms with Crippen LogP contribution in [0.25, 0.3) is 0 Å². The van der Waals surface area contributed by atoms with Crippen molar-refractivity contribution >= 4 is 11.6 Å². The molecule has 0 aromatic heterocycles. The summed E-state index contributed by atoms with van der Waals surface area (Å²) in [5.74, 6) is 0.530.